The molecule has 3 heterocycles. The summed E-state index contributed by atoms with van der Waals surface area (Å²) in [6, 6.07) is 15.4. The highest BCUT2D eigenvalue weighted by atomic mass is 35.5. The third-order valence-electron chi connectivity index (χ3n) is 5.86. The Morgan fingerprint density at radius 1 is 1.09 bits per heavy atom. The molecule has 2 aromatic heterocycles. The third kappa shape index (κ3) is 4.24. The quantitative estimate of drug-likeness (QED) is 0.376. The standard InChI is InChI=1S/C25H24ClN3O3S/c1-15(2)28-13-19(14-28)32-21-9-8-18(12-22(21)31-3)29-11-10-20-23(25(29)30)33-24(27-20)16-4-6-17(26)7-5-16/h4-12,15,19H,13-14H2,1-3H3. The van der Waals surface area contributed by atoms with Gasteiger partial charge in [0.2, 0.25) is 0 Å². The second-order valence-corrected chi connectivity index (χ2v) is 9.79. The van der Waals surface area contributed by atoms with Gasteiger partial charge in [0.25, 0.3) is 5.56 Å². The van der Waals surface area contributed by atoms with Crippen molar-refractivity contribution in [3.63, 3.8) is 0 Å². The van der Waals surface area contributed by atoms with Crippen molar-refractivity contribution in [2.24, 2.45) is 0 Å². The highest BCUT2D eigenvalue weighted by Gasteiger charge is 2.30. The number of nitrogens with zero attached hydrogens (tertiary/aromatic N) is 3. The summed E-state index contributed by atoms with van der Waals surface area (Å²) in [5, 5.41) is 1.45. The molecule has 0 saturated carbocycles. The first-order valence-electron chi connectivity index (χ1n) is 10.8. The molecule has 0 aliphatic carbocycles. The van der Waals surface area contributed by atoms with E-state index in [4.69, 9.17) is 21.1 Å². The van der Waals surface area contributed by atoms with Gasteiger partial charge in [-0.05, 0) is 44.2 Å². The Kier molecular flexibility index (Phi) is 5.86. The van der Waals surface area contributed by atoms with E-state index < -0.39 is 0 Å². The maximum atomic E-state index is 13.3. The summed E-state index contributed by atoms with van der Waals surface area (Å²) in [6.07, 6.45) is 1.90. The molecule has 1 fully saturated rings. The van der Waals surface area contributed by atoms with Crippen LogP contribution in [0.2, 0.25) is 5.02 Å². The van der Waals surface area contributed by atoms with E-state index in [0.29, 0.717) is 38.5 Å². The summed E-state index contributed by atoms with van der Waals surface area (Å²) in [5.74, 6) is 1.29. The summed E-state index contributed by atoms with van der Waals surface area (Å²) in [6.45, 7) is 6.17. The molecule has 1 saturated heterocycles. The van der Waals surface area contributed by atoms with Gasteiger partial charge in [-0.2, -0.15) is 0 Å². The Balaban J connectivity index is 1.44. The van der Waals surface area contributed by atoms with Crippen LogP contribution in [-0.2, 0) is 0 Å². The molecule has 2 aromatic carbocycles. The topological polar surface area (TPSA) is 56.6 Å². The van der Waals surface area contributed by atoms with Gasteiger partial charge in [0.1, 0.15) is 15.8 Å². The molecule has 0 bridgehead atoms. The Labute approximate surface area is 201 Å². The number of methoxy groups -OCH3 is 1. The summed E-state index contributed by atoms with van der Waals surface area (Å²) in [7, 11) is 1.61. The van der Waals surface area contributed by atoms with Crippen LogP contribution in [0.15, 0.2) is 59.5 Å². The smallest absolute Gasteiger partial charge is 0.274 e. The van der Waals surface area contributed by atoms with E-state index in [2.05, 4.69) is 23.7 Å². The molecular weight excluding hydrogens is 458 g/mol. The molecule has 0 atom stereocenters. The van der Waals surface area contributed by atoms with Crippen molar-refractivity contribution in [2.45, 2.75) is 26.0 Å². The van der Waals surface area contributed by atoms with E-state index in [1.54, 1.807) is 17.9 Å². The van der Waals surface area contributed by atoms with E-state index in [-0.39, 0.29) is 11.7 Å². The highest BCUT2D eigenvalue weighted by molar-refractivity contribution is 7.21. The summed E-state index contributed by atoms with van der Waals surface area (Å²) >= 11 is 7.37. The zero-order chi connectivity index (χ0) is 23.1. The maximum absolute atomic E-state index is 13.3. The lowest BCUT2D eigenvalue weighted by molar-refractivity contribution is -0.00107. The van der Waals surface area contributed by atoms with Gasteiger partial charge in [0.15, 0.2) is 11.5 Å². The fourth-order valence-electron chi connectivity index (χ4n) is 3.89. The first-order chi connectivity index (χ1) is 15.9. The fraction of sp³-hybridized carbons (Fsp3) is 0.280. The normalized spacial score (nSPS) is 14.6. The van der Waals surface area contributed by atoms with Crippen LogP contribution in [0, 0.1) is 0 Å². The molecule has 0 radical (unpaired) electrons. The van der Waals surface area contributed by atoms with Crippen LogP contribution in [0.5, 0.6) is 11.5 Å². The summed E-state index contributed by atoms with van der Waals surface area (Å²) in [5.41, 5.74) is 2.21. The number of halogens is 1. The Bertz CT molecular complexity index is 1360. The molecule has 170 valence electrons. The molecule has 0 spiro atoms. The van der Waals surface area contributed by atoms with E-state index in [9.17, 15) is 4.79 Å². The Morgan fingerprint density at radius 2 is 1.85 bits per heavy atom. The lowest BCUT2D eigenvalue weighted by atomic mass is 10.1. The number of ether oxygens (including phenoxy) is 2. The second kappa shape index (κ2) is 8.82. The largest absolute Gasteiger partial charge is 0.493 e. The molecule has 0 unspecified atom stereocenters. The van der Waals surface area contributed by atoms with Crippen molar-refractivity contribution in [1.29, 1.82) is 0 Å². The summed E-state index contributed by atoms with van der Waals surface area (Å²) in [4.78, 5) is 20.3. The predicted molar refractivity (Wildman–Crippen MR) is 133 cm³/mol. The third-order valence-corrected chi connectivity index (χ3v) is 7.22. The summed E-state index contributed by atoms with van der Waals surface area (Å²) < 4.78 is 13.9. The number of likely N-dealkylation sites (tertiary alicyclic amines) is 1. The SMILES string of the molecule is COc1cc(-n2ccc3nc(-c4ccc(Cl)cc4)sc3c2=O)ccc1OC1CN(C(C)C)C1. The van der Waals surface area contributed by atoms with Gasteiger partial charge >= 0.3 is 0 Å². The average Bonchev–Trinajstić information content (AvgIpc) is 3.22. The minimum Gasteiger partial charge on any atom is -0.493 e. The highest BCUT2D eigenvalue weighted by Crippen LogP contribution is 2.33. The van der Waals surface area contributed by atoms with Crippen molar-refractivity contribution in [3.8, 4) is 27.8 Å². The molecule has 5 rings (SSSR count). The first kappa shape index (κ1) is 21.9. The van der Waals surface area contributed by atoms with Crippen LogP contribution in [0.3, 0.4) is 0 Å². The van der Waals surface area contributed by atoms with Gasteiger partial charge in [-0.1, -0.05) is 23.7 Å². The monoisotopic (exact) mass is 481 g/mol. The lowest BCUT2D eigenvalue weighted by Gasteiger charge is -2.41. The van der Waals surface area contributed by atoms with E-state index >= 15 is 0 Å². The predicted octanol–water partition coefficient (Wildman–Crippen LogP) is 5.25. The maximum Gasteiger partial charge on any atom is 0.274 e. The molecular formula is C25H24ClN3O3S. The van der Waals surface area contributed by atoms with Crippen LogP contribution in [0.1, 0.15) is 13.8 Å². The Morgan fingerprint density at radius 3 is 2.55 bits per heavy atom. The van der Waals surface area contributed by atoms with Crippen molar-refractivity contribution in [3.05, 3.63) is 70.1 Å². The first-order valence-corrected chi connectivity index (χ1v) is 12.0. The number of pyridine rings is 1. The second-order valence-electron chi connectivity index (χ2n) is 8.35. The molecule has 33 heavy (non-hydrogen) atoms. The van der Waals surface area contributed by atoms with Crippen LogP contribution in [0.4, 0.5) is 0 Å². The average molecular weight is 482 g/mol. The minimum absolute atomic E-state index is 0.118. The van der Waals surface area contributed by atoms with Gasteiger partial charge in [0, 0.05) is 42.0 Å². The minimum atomic E-state index is -0.118. The van der Waals surface area contributed by atoms with Crippen molar-refractivity contribution in [1.82, 2.24) is 14.5 Å². The molecule has 4 aromatic rings. The van der Waals surface area contributed by atoms with Gasteiger partial charge in [-0.25, -0.2) is 4.98 Å². The molecule has 0 N–H and O–H groups in total. The molecule has 0 amide bonds. The van der Waals surface area contributed by atoms with E-state index in [0.717, 1.165) is 23.7 Å². The van der Waals surface area contributed by atoms with Crippen LogP contribution >= 0.6 is 22.9 Å². The van der Waals surface area contributed by atoms with Crippen molar-refractivity contribution in [2.75, 3.05) is 20.2 Å². The zero-order valence-electron chi connectivity index (χ0n) is 18.6. The van der Waals surface area contributed by atoms with Gasteiger partial charge in [-0.3, -0.25) is 14.3 Å². The number of hydrogen-bond donors (Lipinski definition) is 0. The molecule has 6 nitrogen and oxygen atoms in total. The van der Waals surface area contributed by atoms with Crippen LogP contribution in [-0.4, -0.2) is 46.8 Å². The number of aromatic nitrogens is 2. The lowest BCUT2D eigenvalue weighted by Crippen LogP contribution is -2.56. The molecule has 8 heteroatoms. The van der Waals surface area contributed by atoms with Crippen LogP contribution < -0.4 is 15.0 Å². The molecule has 1 aliphatic rings. The number of benzene rings is 2. The number of fused-ring (bicyclic) bond motifs is 1. The van der Waals surface area contributed by atoms with Crippen molar-refractivity contribution >= 4 is 33.2 Å². The number of thiazole rings is 1. The van der Waals surface area contributed by atoms with Gasteiger partial charge in [0.05, 0.1) is 18.3 Å². The zero-order valence-corrected chi connectivity index (χ0v) is 20.2. The van der Waals surface area contributed by atoms with Crippen LogP contribution in [0.25, 0.3) is 26.5 Å². The van der Waals surface area contributed by atoms with Gasteiger partial charge < -0.3 is 9.47 Å². The Hall–Kier alpha value is -2.87. The van der Waals surface area contributed by atoms with Crippen molar-refractivity contribution < 1.29 is 9.47 Å². The van der Waals surface area contributed by atoms with E-state index in [1.165, 1.54) is 11.3 Å². The number of rotatable bonds is 6. The van der Waals surface area contributed by atoms with Gasteiger partial charge in [-0.15, -0.1) is 11.3 Å². The molecule has 1 aliphatic heterocycles. The fourth-order valence-corrected chi connectivity index (χ4v) is 5.01. The number of hydrogen-bond acceptors (Lipinski definition) is 6. The van der Waals surface area contributed by atoms with E-state index in [1.807, 2.05) is 48.5 Å².